The third-order valence-corrected chi connectivity index (χ3v) is 4.60. The van der Waals surface area contributed by atoms with Crippen molar-refractivity contribution in [1.29, 1.82) is 0 Å². The molecular weight excluding hydrogens is 356 g/mol. The Balaban J connectivity index is 1.79. The molecule has 0 unspecified atom stereocenters. The molecule has 2 aromatic carbocycles. The Hall–Kier alpha value is -2.14. The Kier molecular flexibility index (Phi) is 4.48. The highest BCUT2D eigenvalue weighted by molar-refractivity contribution is 9.10. The molecule has 1 aliphatic heterocycles. The first kappa shape index (κ1) is 15.7. The first-order chi connectivity index (χ1) is 11.1. The summed E-state index contributed by atoms with van der Waals surface area (Å²) in [6.45, 7) is 0.0579. The van der Waals surface area contributed by atoms with Gasteiger partial charge in [-0.25, -0.2) is 0 Å². The highest BCUT2D eigenvalue weighted by Gasteiger charge is 2.26. The number of carbonyl (C=O) groups is 2. The average molecular weight is 373 g/mol. The Morgan fingerprint density at radius 2 is 1.83 bits per heavy atom. The number of hydrogen-bond donors (Lipinski definition) is 0. The maximum absolute atomic E-state index is 12.6. The van der Waals surface area contributed by atoms with Crippen molar-refractivity contribution in [3.8, 4) is 0 Å². The van der Waals surface area contributed by atoms with Gasteiger partial charge in [-0.2, -0.15) is 0 Å². The molecule has 118 valence electrons. The molecule has 0 saturated carbocycles. The van der Waals surface area contributed by atoms with Crippen LogP contribution in [0.3, 0.4) is 0 Å². The summed E-state index contributed by atoms with van der Waals surface area (Å²) >= 11 is 3.38. The molecule has 5 heteroatoms. The molecule has 23 heavy (non-hydrogen) atoms. The normalized spacial score (nSPS) is 13.7. The fourth-order valence-corrected chi connectivity index (χ4v) is 2.98. The molecule has 1 heterocycles. The van der Waals surface area contributed by atoms with Crippen LogP contribution in [0.25, 0.3) is 0 Å². The molecular formula is C18H17BrN2O2. The van der Waals surface area contributed by atoms with E-state index in [1.165, 1.54) is 0 Å². The summed E-state index contributed by atoms with van der Waals surface area (Å²) in [5.41, 5.74) is 2.77. The number of rotatable bonds is 3. The topological polar surface area (TPSA) is 40.6 Å². The Morgan fingerprint density at radius 1 is 1.13 bits per heavy atom. The maximum Gasteiger partial charge on any atom is 0.246 e. The molecule has 0 atom stereocenters. The van der Waals surface area contributed by atoms with Crippen molar-refractivity contribution in [2.24, 2.45) is 0 Å². The van der Waals surface area contributed by atoms with E-state index in [2.05, 4.69) is 15.9 Å². The van der Waals surface area contributed by atoms with E-state index < -0.39 is 0 Å². The molecule has 0 saturated heterocycles. The lowest BCUT2D eigenvalue weighted by atomic mass is 10.0. The minimum atomic E-state index is -0.114. The Labute approximate surface area is 143 Å². The fraction of sp³-hybridized carbons (Fsp3) is 0.222. The van der Waals surface area contributed by atoms with Gasteiger partial charge >= 0.3 is 0 Å². The van der Waals surface area contributed by atoms with Gasteiger partial charge in [-0.3, -0.25) is 9.59 Å². The molecule has 2 amide bonds. The molecule has 3 rings (SSSR count). The van der Waals surface area contributed by atoms with Crippen LogP contribution < -0.4 is 9.80 Å². The van der Waals surface area contributed by atoms with Crippen molar-refractivity contribution in [2.45, 2.75) is 12.8 Å². The lowest BCUT2D eigenvalue weighted by molar-refractivity contribution is -0.122. The van der Waals surface area contributed by atoms with E-state index >= 15 is 0 Å². The Morgan fingerprint density at radius 3 is 2.57 bits per heavy atom. The van der Waals surface area contributed by atoms with E-state index in [9.17, 15) is 9.59 Å². The van der Waals surface area contributed by atoms with Gasteiger partial charge in [-0.15, -0.1) is 0 Å². The van der Waals surface area contributed by atoms with Crippen LogP contribution in [-0.2, 0) is 16.0 Å². The van der Waals surface area contributed by atoms with Gasteiger partial charge in [0, 0.05) is 29.3 Å². The zero-order valence-electron chi connectivity index (χ0n) is 12.8. The number of carbonyl (C=O) groups excluding carboxylic acids is 2. The summed E-state index contributed by atoms with van der Waals surface area (Å²) in [6.07, 6.45) is 1.19. The van der Waals surface area contributed by atoms with Gasteiger partial charge in [0.05, 0.1) is 0 Å². The molecule has 0 fully saturated rings. The second kappa shape index (κ2) is 6.54. The zero-order valence-corrected chi connectivity index (χ0v) is 14.4. The summed E-state index contributed by atoms with van der Waals surface area (Å²) in [6, 6.07) is 15.3. The van der Waals surface area contributed by atoms with Crippen LogP contribution in [0.4, 0.5) is 11.4 Å². The van der Waals surface area contributed by atoms with Crippen molar-refractivity contribution in [3.63, 3.8) is 0 Å². The number of likely N-dealkylation sites (N-methyl/N-ethyl adjacent to an activating group) is 1. The third kappa shape index (κ3) is 3.29. The van der Waals surface area contributed by atoms with Gasteiger partial charge in [0.1, 0.15) is 6.54 Å². The van der Waals surface area contributed by atoms with Crippen LogP contribution in [0.1, 0.15) is 12.0 Å². The Bertz CT molecular complexity index is 743. The predicted octanol–water partition coefficient (Wildman–Crippen LogP) is 3.39. The molecule has 0 bridgehead atoms. The van der Waals surface area contributed by atoms with Gasteiger partial charge in [0.2, 0.25) is 11.8 Å². The number of benzene rings is 2. The summed E-state index contributed by atoms with van der Waals surface area (Å²) in [5, 5.41) is 0. The highest BCUT2D eigenvalue weighted by atomic mass is 79.9. The summed E-state index contributed by atoms with van der Waals surface area (Å²) < 4.78 is 0.960. The van der Waals surface area contributed by atoms with Crippen molar-refractivity contribution in [1.82, 2.24) is 0 Å². The maximum atomic E-state index is 12.6. The van der Waals surface area contributed by atoms with Crippen molar-refractivity contribution < 1.29 is 9.59 Å². The number of nitrogens with zero attached hydrogens (tertiary/aromatic N) is 2. The lowest BCUT2D eigenvalue weighted by Gasteiger charge is -2.30. The average Bonchev–Trinajstić information content (AvgIpc) is 2.57. The quantitative estimate of drug-likeness (QED) is 0.828. The molecule has 1 aliphatic rings. The number of aryl methyl sites for hydroxylation is 1. The molecule has 0 aromatic heterocycles. The van der Waals surface area contributed by atoms with Crippen LogP contribution in [0, 0.1) is 0 Å². The third-order valence-electron chi connectivity index (χ3n) is 4.07. The van der Waals surface area contributed by atoms with Gasteiger partial charge in [-0.05, 0) is 42.3 Å². The number of amides is 2. The molecule has 0 spiro atoms. The van der Waals surface area contributed by atoms with Gasteiger partial charge in [-0.1, -0.05) is 34.1 Å². The molecule has 0 radical (unpaired) electrons. The van der Waals surface area contributed by atoms with Crippen molar-refractivity contribution >= 4 is 39.1 Å². The van der Waals surface area contributed by atoms with E-state index in [4.69, 9.17) is 0 Å². The molecule has 0 aliphatic carbocycles. The minimum Gasteiger partial charge on any atom is -0.314 e. The van der Waals surface area contributed by atoms with Crippen molar-refractivity contribution in [3.05, 3.63) is 58.6 Å². The summed E-state index contributed by atoms with van der Waals surface area (Å²) in [7, 11) is 1.73. The standard InChI is InChI=1S/C18H17BrN2O2/c1-20(15-9-7-14(19)8-10-15)18(23)12-21-16-5-3-2-4-13(16)6-11-17(21)22/h2-5,7-10H,6,11-12H2,1H3. The summed E-state index contributed by atoms with van der Waals surface area (Å²) in [4.78, 5) is 28.0. The van der Waals surface area contributed by atoms with Crippen LogP contribution >= 0.6 is 15.9 Å². The predicted molar refractivity (Wildman–Crippen MR) is 94.7 cm³/mol. The number of fused-ring (bicyclic) bond motifs is 1. The lowest BCUT2D eigenvalue weighted by Crippen LogP contribution is -2.43. The van der Waals surface area contributed by atoms with E-state index in [1.807, 2.05) is 48.5 Å². The first-order valence-corrected chi connectivity index (χ1v) is 8.26. The van der Waals surface area contributed by atoms with Crippen LogP contribution in [-0.4, -0.2) is 25.4 Å². The number of anilines is 2. The van der Waals surface area contributed by atoms with Crippen molar-refractivity contribution in [2.75, 3.05) is 23.4 Å². The summed E-state index contributed by atoms with van der Waals surface area (Å²) in [5.74, 6) is -0.112. The second-order valence-corrected chi connectivity index (χ2v) is 6.45. The van der Waals surface area contributed by atoms with Crippen LogP contribution in [0.15, 0.2) is 53.0 Å². The van der Waals surface area contributed by atoms with Gasteiger partial charge < -0.3 is 9.80 Å². The minimum absolute atomic E-state index is 0.00116. The van der Waals surface area contributed by atoms with E-state index in [1.54, 1.807) is 16.8 Å². The molecule has 2 aromatic rings. The van der Waals surface area contributed by atoms with E-state index in [0.29, 0.717) is 6.42 Å². The first-order valence-electron chi connectivity index (χ1n) is 7.46. The monoisotopic (exact) mass is 372 g/mol. The van der Waals surface area contributed by atoms with E-state index in [0.717, 1.165) is 27.8 Å². The SMILES string of the molecule is CN(C(=O)CN1C(=O)CCc2ccccc21)c1ccc(Br)cc1. The van der Waals surface area contributed by atoms with Gasteiger partial charge in [0.15, 0.2) is 0 Å². The zero-order chi connectivity index (χ0) is 16.4. The second-order valence-electron chi connectivity index (χ2n) is 5.54. The number of hydrogen-bond acceptors (Lipinski definition) is 2. The van der Waals surface area contributed by atoms with Gasteiger partial charge in [0.25, 0.3) is 0 Å². The van der Waals surface area contributed by atoms with Crippen LogP contribution in [0.2, 0.25) is 0 Å². The van der Waals surface area contributed by atoms with E-state index in [-0.39, 0.29) is 18.4 Å². The molecule has 0 N–H and O–H groups in total. The number of para-hydroxylation sites is 1. The smallest absolute Gasteiger partial charge is 0.246 e. The van der Waals surface area contributed by atoms with Crippen LogP contribution in [0.5, 0.6) is 0 Å². The number of halogens is 1. The molecule has 4 nitrogen and oxygen atoms in total. The largest absolute Gasteiger partial charge is 0.314 e. The highest BCUT2D eigenvalue weighted by Crippen LogP contribution is 2.27. The fourth-order valence-electron chi connectivity index (χ4n) is 2.72.